The van der Waals surface area contributed by atoms with E-state index in [1.54, 1.807) is 19.2 Å². The minimum atomic E-state index is -0.480. The molecule has 0 saturated carbocycles. The quantitative estimate of drug-likeness (QED) is 0.246. The number of Topliss-reactive ketones (excluding diaryl/α,β-unsaturated/α-hetero) is 1. The Morgan fingerprint density at radius 3 is 1.97 bits per heavy atom. The van der Waals surface area contributed by atoms with Gasteiger partial charge in [0.1, 0.15) is 0 Å². The number of benzene rings is 3. The van der Waals surface area contributed by atoms with E-state index in [2.05, 4.69) is 4.57 Å². The van der Waals surface area contributed by atoms with Crippen LogP contribution in [-0.4, -0.2) is 30.5 Å². The van der Waals surface area contributed by atoms with Gasteiger partial charge in [-0.15, -0.1) is 0 Å². The number of ketones is 1. The monoisotopic (exact) mass is 453 g/mol. The molecule has 0 spiro atoms. The van der Waals surface area contributed by atoms with Crippen molar-refractivity contribution < 1.29 is 19.1 Å². The van der Waals surface area contributed by atoms with Crippen molar-refractivity contribution in [3.8, 4) is 11.3 Å². The lowest BCUT2D eigenvalue weighted by Crippen LogP contribution is -2.12. The van der Waals surface area contributed by atoms with Crippen molar-refractivity contribution in [2.45, 2.75) is 19.6 Å². The molecule has 0 aliphatic heterocycles. The maximum Gasteiger partial charge on any atom is 0.340 e. The normalized spacial score (nSPS) is 10.8. The molecule has 5 heteroatoms. The molecular formula is C29H27NO4. The number of hydrogen-bond donors (Lipinski definition) is 0. The van der Waals surface area contributed by atoms with Crippen molar-refractivity contribution in [2.24, 2.45) is 0 Å². The van der Waals surface area contributed by atoms with E-state index in [0.29, 0.717) is 28.9 Å². The van der Waals surface area contributed by atoms with Gasteiger partial charge in [-0.2, -0.15) is 0 Å². The lowest BCUT2D eigenvalue weighted by Gasteiger charge is -2.15. The molecule has 0 aliphatic rings. The van der Waals surface area contributed by atoms with Crippen LogP contribution in [0.3, 0.4) is 0 Å². The summed E-state index contributed by atoms with van der Waals surface area (Å²) in [5.41, 5.74) is 5.14. The van der Waals surface area contributed by atoms with Crippen LogP contribution in [0, 0.1) is 0 Å². The molecule has 0 radical (unpaired) electrons. The van der Waals surface area contributed by atoms with Gasteiger partial charge in [-0.05, 0) is 11.1 Å². The molecule has 1 aromatic heterocycles. The van der Waals surface area contributed by atoms with Gasteiger partial charge in [-0.25, -0.2) is 4.79 Å². The predicted octanol–water partition coefficient (Wildman–Crippen LogP) is 5.56. The molecular weight excluding hydrogens is 426 g/mol. The summed E-state index contributed by atoms with van der Waals surface area (Å²) >= 11 is 0. The standard InChI is InChI=1S/C29H27NO4/c1-33-20-25-27(29(32)34-2)24(18-26(31)22-14-8-4-9-15-22)28(23-16-10-5-11-17-23)30(25)19-21-12-6-3-7-13-21/h3-17H,18-20H2,1-2H3. The summed E-state index contributed by atoms with van der Waals surface area (Å²) in [6, 6.07) is 29.0. The third-order valence-electron chi connectivity index (χ3n) is 5.81. The summed E-state index contributed by atoms with van der Waals surface area (Å²) in [5, 5.41) is 0. The predicted molar refractivity (Wildman–Crippen MR) is 132 cm³/mol. The summed E-state index contributed by atoms with van der Waals surface area (Å²) < 4.78 is 12.8. The van der Waals surface area contributed by atoms with Gasteiger partial charge in [0.25, 0.3) is 0 Å². The van der Waals surface area contributed by atoms with E-state index >= 15 is 0 Å². The highest BCUT2D eigenvalue weighted by Crippen LogP contribution is 2.35. The van der Waals surface area contributed by atoms with Crippen molar-refractivity contribution in [2.75, 3.05) is 14.2 Å². The molecule has 0 aliphatic carbocycles. The Bertz CT molecular complexity index is 1260. The SMILES string of the molecule is COCc1c(C(=O)OC)c(CC(=O)c2ccccc2)c(-c2ccccc2)n1Cc1ccccc1. The van der Waals surface area contributed by atoms with Crippen LogP contribution in [0.2, 0.25) is 0 Å². The van der Waals surface area contributed by atoms with Gasteiger partial charge in [-0.3, -0.25) is 4.79 Å². The Morgan fingerprint density at radius 2 is 1.38 bits per heavy atom. The number of hydrogen-bond acceptors (Lipinski definition) is 4. The number of carbonyl (C=O) groups is 2. The van der Waals surface area contributed by atoms with E-state index in [1.807, 2.05) is 78.9 Å². The number of carbonyl (C=O) groups excluding carboxylic acids is 2. The summed E-state index contributed by atoms with van der Waals surface area (Å²) in [6.45, 7) is 0.726. The molecule has 4 aromatic rings. The third kappa shape index (κ3) is 4.85. The number of methoxy groups -OCH3 is 2. The Hall–Kier alpha value is -3.96. The van der Waals surface area contributed by atoms with Gasteiger partial charge in [0.05, 0.1) is 30.7 Å². The highest BCUT2D eigenvalue weighted by atomic mass is 16.5. The Morgan fingerprint density at radius 1 is 0.794 bits per heavy atom. The van der Waals surface area contributed by atoms with E-state index < -0.39 is 5.97 Å². The summed E-state index contributed by atoms with van der Waals surface area (Å²) in [5.74, 6) is -0.546. The van der Waals surface area contributed by atoms with Crippen molar-refractivity contribution in [3.63, 3.8) is 0 Å². The highest BCUT2D eigenvalue weighted by molar-refractivity contribution is 6.02. The number of aromatic nitrogens is 1. The molecule has 5 nitrogen and oxygen atoms in total. The fourth-order valence-electron chi connectivity index (χ4n) is 4.28. The lowest BCUT2D eigenvalue weighted by atomic mass is 9.96. The first kappa shape index (κ1) is 23.2. The van der Waals surface area contributed by atoms with E-state index in [-0.39, 0.29) is 18.8 Å². The molecule has 1 heterocycles. The first-order valence-corrected chi connectivity index (χ1v) is 11.1. The van der Waals surface area contributed by atoms with Crippen LogP contribution in [0.15, 0.2) is 91.0 Å². The first-order chi connectivity index (χ1) is 16.6. The van der Waals surface area contributed by atoms with Crippen molar-refractivity contribution in [1.82, 2.24) is 4.57 Å². The molecule has 172 valence electrons. The van der Waals surface area contributed by atoms with Crippen LogP contribution in [0.25, 0.3) is 11.3 Å². The fourth-order valence-corrected chi connectivity index (χ4v) is 4.28. The molecule has 0 fully saturated rings. The minimum absolute atomic E-state index is 0.0660. The van der Waals surface area contributed by atoms with Crippen LogP contribution in [-0.2, 0) is 29.0 Å². The maximum atomic E-state index is 13.3. The average Bonchev–Trinajstić information content (AvgIpc) is 3.17. The van der Waals surface area contributed by atoms with Crippen LogP contribution in [0.1, 0.15) is 37.5 Å². The first-order valence-electron chi connectivity index (χ1n) is 11.1. The van der Waals surface area contributed by atoms with Gasteiger partial charge in [0.2, 0.25) is 0 Å². The number of ether oxygens (including phenoxy) is 2. The van der Waals surface area contributed by atoms with Crippen LogP contribution in [0.5, 0.6) is 0 Å². The Kier molecular flexibility index (Phi) is 7.35. The van der Waals surface area contributed by atoms with E-state index in [4.69, 9.17) is 9.47 Å². The molecule has 0 N–H and O–H groups in total. The molecule has 34 heavy (non-hydrogen) atoms. The summed E-state index contributed by atoms with van der Waals surface area (Å²) in [4.78, 5) is 26.4. The molecule has 0 bridgehead atoms. The summed E-state index contributed by atoms with van der Waals surface area (Å²) in [7, 11) is 2.95. The number of rotatable bonds is 9. The third-order valence-corrected chi connectivity index (χ3v) is 5.81. The topological polar surface area (TPSA) is 57.5 Å². The van der Waals surface area contributed by atoms with Crippen molar-refractivity contribution >= 4 is 11.8 Å². The molecule has 0 amide bonds. The van der Waals surface area contributed by atoms with E-state index in [9.17, 15) is 9.59 Å². The zero-order valence-electron chi connectivity index (χ0n) is 19.4. The highest BCUT2D eigenvalue weighted by Gasteiger charge is 2.30. The largest absolute Gasteiger partial charge is 0.465 e. The van der Waals surface area contributed by atoms with E-state index in [1.165, 1.54) is 7.11 Å². The zero-order valence-corrected chi connectivity index (χ0v) is 19.4. The fraction of sp³-hybridized carbons (Fsp3) is 0.172. The number of esters is 1. The maximum absolute atomic E-state index is 13.3. The smallest absolute Gasteiger partial charge is 0.340 e. The number of nitrogens with zero attached hydrogens (tertiary/aromatic N) is 1. The van der Waals surface area contributed by atoms with Gasteiger partial charge >= 0.3 is 5.97 Å². The van der Waals surface area contributed by atoms with Gasteiger partial charge in [0.15, 0.2) is 5.78 Å². The molecule has 0 unspecified atom stereocenters. The molecule has 4 rings (SSSR count). The van der Waals surface area contributed by atoms with Gasteiger partial charge in [-0.1, -0.05) is 91.0 Å². The van der Waals surface area contributed by atoms with Gasteiger partial charge in [0, 0.05) is 31.2 Å². The second kappa shape index (κ2) is 10.8. The van der Waals surface area contributed by atoms with Crippen LogP contribution < -0.4 is 0 Å². The second-order valence-electron chi connectivity index (χ2n) is 7.98. The van der Waals surface area contributed by atoms with Crippen LogP contribution >= 0.6 is 0 Å². The Balaban J connectivity index is 1.97. The average molecular weight is 454 g/mol. The van der Waals surface area contributed by atoms with E-state index in [0.717, 1.165) is 16.8 Å². The Labute approximate surface area is 199 Å². The van der Waals surface area contributed by atoms with Crippen molar-refractivity contribution in [1.29, 1.82) is 0 Å². The second-order valence-corrected chi connectivity index (χ2v) is 7.98. The summed E-state index contributed by atoms with van der Waals surface area (Å²) in [6.07, 6.45) is 0.0666. The zero-order chi connectivity index (χ0) is 23.9. The minimum Gasteiger partial charge on any atom is -0.465 e. The molecule has 0 atom stereocenters. The molecule has 0 saturated heterocycles. The van der Waals surface area contributed by atoms with Gasteiger partial charge < -0.3 is 14.0 Å². The lowest BCUT2D eigenvalue weighted by molar-refractivity contribution is 0.0594. The van der Waals surface area contributed by atoms with Crippen LogP contribution in [0.4, 0.5) is 0 Å². The van der Waals surface area contributed by atoms with Crippen molar-refractivity contribution in [3.05, 3.63) is 119 Å². The molecule has 3 aromatic carbocycles.